The molecule has 0 atom stereocenters. The van der Waals surface area contributed by atoms with E-state index in [1.807, 2.05) is 0 Å². The molecule has 1 aromatic heterocycles. The molecule has 0 aliphatic rings. The number of amides is 2. The van der Waals surface area contributed by atoms with Crippen LogP contribution in [0.1, 0.15) is 13.8 Å². The summed E-state index contributed by atoms with van der Waals surface area (Å²) < 4.78 is 6.51. The van der Waals surface area contributed by atoms with Gasteiger partial charge < -0.3 is 9.73 Å². The highest BCUT2D eigenvalue weighted by molar-refractivity contribution is 5.79. The smallest absolute Gasteiger partial charge is 0.409 e. The normalized spacial score (nSPS) is 11.8. The number of para-hydroxylation sites is 1. The average molecular weight is 261 g/mol. The quantitative estimate of drug-likeness (QED) is 0.883. The number of aromatic nitrogens is 1. The number of rotatable bonds is 2. The van der Waals surface area contributed by atoms with Gasteiger partial charge in [-0.2, -0.15) is 4.99 Å². The van der Waals surface area contributed by atoms with E-state index < -0.39 is 11.8 Å². The Morgan fingerprint density at radius 2 is 2.11 bits per heavy atom. The van der Waals surface area contributed by atoms with Gasteiger partial charge in [0, 0.05) is 13.1 Å². The molecule has 6 nitrogen and oxygen atoms in total. The van der Waals surface area contributed by atoms with E-state index in [-0.39, 0.29) is 0 Å². The van der Waals surface area contributed by atoms with Gasteiger partial charge in [-0.25, -0.2) is 9.59 Å². The molecule has 0 aliphatic carbocycles. The number of carbonyl (C=O) groups is 1. The standard InChI is InChI=1S/C13H15N3O3/c1-3-14-12(17)15-11-9-7-5-6-8-10(9)19-13(18)16(11)4-2/h5-8H,3-4H2,1-2H3,(H,14,17)/b15-11-. The molecule has 2 amide bonds. The average Bonchev–Trinajstić information content (AvgIpc) is 2.39. The third-order valence-electron chi connectivity index (χ3n) is 2.65. The van der Waals surface area contributed by atoms with Crippen molar-refractivity contribution < 1.29 is 9.21 Å². The highest BCUT2D eigenvalue weighted by Gasteiger charge is 2.07. The van der Waals surface area contributed by atoms with E-state index in [0.29, 0.717) is 29.5 Å². The molecule has 0 saturated heterocycles. The lowest BCUT2D eigenvalue weighted by molar-refractivity contribution is 0.248. The molecule has 0 bridgehead atoms. The van der Waals surface area contributed by atoms with Crippen LogP contribution in [0.2, 0.25) is 0 Å². The summed E-state index contributed by atoms with van der Waals surface area (Å²) >= 11 is 0. The van der Waals surface area contributed by atoms with Gasteiger partial charge in [-0.05, 0) is 26.0 Å². The van der Waals surface area contributed by atoms with Crippen molar-refractivity contribution in [2.75, 3.05) is 6.54 Å². The summed E-state index contributed by atoms with van der Waals surface area (Å²) in [5.74, 6) is -0.524. The van der Waals surface area contributed by atoms with Gasteiger partial charge in [0.2, 0.25) is 0 Å². The molecule has 1 N–H and O–H groups in total. The van der Waals surface area contributed by atoms with Gasteiger partial charge in [0.25, 0.3) is 0 Å². The first kappa shape index (κ1) is 13.1. The van der Waals surface area contributed by atoms with Gasteiger partial charge in [-0.1, -0.05) is 12.1 Å². The summed E-state index contributed by atoms with van der Waals surface area (Å²) in [4.78, 5) is 27.4. The van der Waals surface area contributed by atoms with Gasteiger partial charge in [0.15, 0.2) is 5.49 Å². The van der Waals surface area contributed by atoms with Crippen molar-refractivity contribution in [3.63, 3.8) is 0 Å². The van der Waals surface area contributed by atoms with Crippen LogP contribution in [0.3, 0.4) is 0 Å². The Labute approximate surface area is 109 Å². The second kappa shape index (κ2) is 5.51. The molecule has 0 fully saturated rings. The summed E-state index contributed by atoms with van der Waals surface area (Å²) in [5, 5.41) is 3.21. The van der Waals surface area contributed by atoms with Gasteiger partial charge in [-0.3, -0.25) is 4.57 Å². The maximum atomic E-state index is 11.8. The van der Waals surface area contributed by atoms with Gasteiger partial charge in [0.1, 0.15) is 5.58 Å². The molecule has 100 valence electrons. The van der Waals surface area contributed by atoms with Gasteiger partial charge in [-0.15, -0.1) is 0 Å². The Morgan fingerprint density at radius 3 is 2.79 bits per heavy atom. The van der Waals surface area contributed by atoms with Crippen molar-refractivity contribution in [1.29, 1.82) is 0 Å². The van der Waals surface area contributed by atoms with Crippen LogP contribution in [0.15, 0.2) is 38.5 Å². The Hall–Kier alpha value is -2.37. The van der Waals surface area contributed by atoms with Crippen LogP contribution in [0.25, 0.3) is 11.0 Å². The van der Waals surface area contributed by atoms with Crippen LogP contribution in [0, 0.1) is 0 Å². The van der Waals surface area contributed by atoms with Crippen LogP contribution in [0.4, 0.5) is 4.79 Å². The third-order valence-corrected chi connectivity index (χ3v) is 2.65. The molecule has 2 rings (SSSR count). The van der Waals surface area contributed by atoms with Crippen molar-refractivity contribution in [1.82, 2.24) is 9.88 Å². The maximum absolute atomic E-state index is 11.8. The van der Waals surface area contributed by atoms with Crippen LogP contribution >= 0.6 is 0 Å². The van der Waals surface area contributed by atoms with Crippen LogP contribution in [-0.4, -0.2) is 17.1 Å². The number of hydrogen-bond acceptors (Lipinski definition) is 3. The van der Waals surface area contributed by atoms with Gasteiger partial charge in [0.05, 0.1) is 5.39 Å². The number of benzene rings is 1. The number of urea groups is 1. The summed E-state index contributed by atoms with van der Waals surface area (Å²) in [5.41, 5.74) is 0.737. The summed E-state index contributed by atoms with van der Waals surface area (Å²) in [6.07, 6.45) is 0. The van der Waals surface area contributed by atoms with E-state index in [0.717, 1.165) is 0 Å². The maximum Gasteiger partial charge on any atom is 0.420 e. The first-order valence-electron chi connectivity index (χ1n) is 6.12. The zero-order chi connectivity index (χ0) is 13.8. The first-order chi connectivity index (χ1) is 9.17. The molecule has 0 saturated carbocycles. The Morgan fingerprint density at radius 1 is 1.37 bits per heavy atom. The summed E-state index contributed by atoms with van der Waals surface area (Å²) in [7, 11) is 0. The molecular formula is C13H15N3O3. The molecule has 0 aliphatic heterocycles. The SMILES string of the molecule is CCNC(=O)/N=c1/c2ccccc2oc(=O)n1CC. The molecule has 1 aromatic carbocycles. The second-order valence-electron chi connectivity index (χ2n) is 3.88. The van der Waals surface area contributed by atoms with Crippen molar-refractivity contribution in [2.24, 2.45) is 4.99 Å². The Kier molecular flexibility index (Phi) is 3.79. The topological polar surface area (TPSA) is 76.6 Å². The summed E-state index contributed by atoms with van der Waals surface area (Å²) in [6.45, 7) is 4.46. The second-order valence-corrected chi connectivity index (χ2v) is 3.88. The number of hydrogen-bond donors (Lipinski definition) is 1. The lowest BCUT2D eigenvalue weighted by Gasteiger charge is -2.05. The highest BCUT2D eigenvalue weighted by atomic mass is 16.4. The molecule has 1 heterocycles. The largest absolute Gasteiger partial charge is 0.420 e. The minimum Gasteiger partial charge on any atom is -0.409 e. The van der Waals surface area contributed by atoms with Crippen LogP contribution in [0.5, 0.6) is 0 Å². The molecule has 0 unspecified atom stereocenters. The van der Waals surface area contributed by atoms with E-state index in [9.17, 15) is 9.59 Å². The number of nitrogens with one attached hydrogen (secondary N) is 1. The molecular weight excluding hydrogens is 246 g/mol. The number of fused-ring (bicyclic) bond motifs is 1. The zero-order valence-electron chi connectivity index (χ0n) is 10.8. The Bertz CT molecular complexity index is 728. The highest BCUT2D eigenvalue weighted by Crippen LogP contribution is 2.06. The molecule has 19 heavy (non-hydrogen) atoms. The fourth-order valence-corrected chi connectivity index (χ4v) is 1.81. The predicted molar refractivity (Wildman–Crippen MR) is 70.8 cm³/mol. The van der Waals surface area contributed by atoms with Crippen molar-refractivity contribution in [3.05, 3.63) is 40.3 Å². The minimum atomic E-state index is -0.524. The van der Waals surface area contributed by atoms with Gasteiger partial charge >= 0.3 is 11.8 Å². The van der Waals surface area contributed by atoms with Crippen molar-refractivity contribution in [3.8, 4) is 0 Å². The van der Waals surface area contributed by atoms with Crippen molar-refractivity contribution in [2.45, 2.75) is 20.4 Å². The minimum absolute atomic E-state index is 0.320. The molecule has 0 radical (unpaired) electrons. The fourth-order valence-electron chi connectivity index (χ4n) is 1.81. The first-order valence-corrected chi connectivity index (χ1v) is 6.12. The van der Waals surface area contributed by atoms with Crippen LogP contribution < -0.4 is 16.6 Å². The summed E-state index contributed by atoms with van der Waals surface area (Å²) in [6, 6.07) is 6.53. The molecule has 6 heteroatoms. The van der Waals surface area contributed by atoms with E-state index in [1.165, 1.54) is 4.57 Å². The number of carbonyl (C=O) groups excluding carboxylic acids is 1. The fraction of sp³-hybridized carbons (Fsp3) is 0.308. The predicted octanol–water partition coefficient (Wildman–Crippen LogP) is 1.24. The van der Waals surface area contributed by atoms with E-state index in [2.05, 4.69) is 10.3 Å². The van der Waals surface area contributed by atoms with E-state index in [4.69, 9.17) is 4.42 Å². The Balaban J connectivity index is 2.82. The monoisotopic (exact) mass is 261 g/mol. The number of nitrogens with zero attached hydrogens (tertiary/aromatic N) is 2. The lowest BCUT2D eigenvalue weighted by atomic mass is 10.2. The lowest BCUT2D eigenvalue weighted by Crippen LogP contribution is -2.35. The zero-order valence-corrected chi connectivity index (χ0v) is 10.8. The van der Waals surface area contributed by atoms with Crippen LogP contribution in [-0.2, 0) is 6.54 Å². The molecule has 0 spiro atoms. The van der Waals surface area contributed by atoms with E-state index in [1.54, 1.807) is 38.1 Å². The molecule has 2 aromatic rings. The third kappa shape index (κ3) is 2.57. The van der Waals surface area contributed by atoms with Crippen molar-refractivity contribution >= 4 is 17.0 Å². The van der Waals surface area contributed by atoms with E-state index >= 15 is 0 Å².